The van der Waals surface area contributed by atoms with E-state index in [4.69, 9.17) is 4.42 Å². The first-order valence-corrected chi connectivity index (χ1v) is 7.77. The zero-order chi connectivity index (χ0) is 13.2. The molecule has 0 aliphatic rings. The molecule has 2 rings (SSSR count). The Bertz CT molecular complexity index is 635. The fraction of sp³-hybridized carbons (Fsp3) is 0.182. The summed E-state index contributed by atoms with van der Waals surface area (Å²) >= 11 is 3.35. The second-order valence-electron chi connectivity index (χ2n) is 3.70. The monoisotopic (exact) mass is 330 g/mol. The number of furan rings is 1. The third kappa shape index (κ3) is 3.11. The summed E-state index contributed by atoms with van der Waals surface area (Å²) in [5.41, 5.74) is 0.728. The highest BCUT2D eigenvalue weighted by Crippen LogP contribution is 2.19. The van der Waals surface area contributed by atoms with Gasteiger partial charge in [-0.3, -0.25) is 0 Å². The van der Waals surface area contributed by atoms with Gasteiger partial charge in [0, 0.05) is 6.26 Å². The number of rotatable bonds is 4. The standard InChI is InChI=1S/C11H11BrN2O3S/c1-18(15,16)11-3-2-8(6-14-11)13-7-10-9(12)4-5-17-10/h2-6,13H,7H2,1H3. The molecule has 0 fully saturated rings. The molecule has 0 unspecified atom stereocenters. The van der Waals surface area contributed by atoms with Crippen LogP contribution in [0.15, 0.2) is 44.6 Å². The van der Waals surface area contributed by atoms with Crippen LogP contribution >= 0.6 is 15.9 Å². The van der Waals surface area contributed by atoms with Crippen molar-refractivity contribution in [1.82, 2.24) is 4.98 Å². The fourth-order valence-electron chi connectivity index (χ4n) is 1.34. The van der Waals surface area contributed by atoms with Crippen LogP contribution in [-0.4, -0.2) is 19.7 Å². The Labute approximate surface area is 113 Å². The molecular formula is C11H11BrN2O3S. The van der Waals surface area contributed by atoms with Crippen molar-refractivity contribution in [2.45, 2.75) is 11.6 Å². The van der Waals surface area contributed by atoms with Crippen molar-refractivity contribution in [3.8, 4) is 0 Å². The van der Waals surface area contributed by atoms with Gasteiger partial charge in [0.15, 0.2) is 14.9 Å². The molecule has 7 heteroatoms. The summed E-state index contributed by atoms with van der Waals surface area (Å²) < 4.78 is 28.6. The zero-order valence-corrected chi connectivity index (χ0v) is 12.0. The average Bonchev–Trinajstić information content (AvgIpc) is 2.72. The van der Waals surface area contributed by atoms with Gasteiger partial charge in [-0.15, -0.1) is 0 Å². The number of nitrogens with zero attached hydrogens (tertiary/aromatic N) is 1. The normalized spacial score (nSPS) is 11.4. The van der Waals surface area contributed by atoms with Gasteiger partial charge in [0.2, 0.25) is 0 Å². The second kappa shape index (κ2) is 5.11. The molecule has 0 saturated carbocycles. The number of hydrogen-bond donors (Lipinski definition) is 1. The van der Waals surface area contributed by atoms with Gasteiger partial charge in [-0.1, -0.05) is 0 Å². The maximum Gasteiger partial charge on any atom is 0.192 e. The van der Waals surface area contributed by atoms with Crippen molar-refractivity contribution in [2.24, 2.45) is 0 Å². The van der Waals surface area contributed by atoms with Crippen molar-refractivity contribution in [3.63, 3.8) is 0 Å². The number of halogens is 1. The van der Waals surface area contributed by atoms with Crippen LogP contribution in [0.4, 0.5) is 5.69 Å². The van der Waals surface area contributed by atoms with Crippen LogP contribution in [0.2, 0.25) is 0 Å². The van der Waals surface area contributed by atoms with E-state index in [9.17, 15) is 8.42 Å². The molecule has 0 aliphatic heterocycles. The summed E-state index contributed by atoms with van der Waals surface area (Å²) in [7, 11) is -3.25. The number of anilines is 1. The van der Waals surface area contributed by atoms with Gasteiger partial charge >= 0.3 is 0 Å². The molecule has 5 nitrogen and oxygen atoms in total. The minimum Gasteiger partial charge on any atom is -0.466 e. The third-order valence-corrected chi connectivity index (χ3v) is 3.97. The minimum absolute atomic E-state index is 0.0622. The fourth-order valence-corrected chi connectivity index (χ4v) is 2.24. The smallest absolute Gasteiger partial charge is 0.192 e. The van der Waals surface area contributed by atoms with Crippen LogP contribution in [0.1, 0.15) is 5.76 Å². The average molecular weight is 331 g/mol. The molecular weight excluding hydrogens is 320 g/mol. The number of nitrogens with one attached hydrogen (secondary N) is 1. The predicted octanol–water partition coefficient (Wildman–Crippen LogP) is 2.45. The van der Waals surface area contributed by atoms with Gasteiger partial charge < -0.3 is 9.73 Å². The Balaban J connectivity index is 2.05. The van der Waals surface area contributed by atoms with E-state index in [1.165, 1.54) is 12.3 Å². The SMILES string of the molecule is CS(=O)(=O)c1ccc(NCc2occc2Br)cn1. The lowest BCUT2D eigenvalue weighted by molar-refractivity contribution is 0.516. The Hall–Kier alpha value is -1.34. The lowest BCUT2D eigenvalue weighted by atomic mass is 10.4. The van der Waals surface area contributed by atoms with E-state index >= 15 is 0 Å². The topological polar surface area (TPSA) is 72.2 Å². The first kappa shape index (κ1) is 13.1. The van der Waals surface area contributed by atoms with Crippen LogP contribution in [0.25, 0.3) is 0 Å². The Morgan fingerprint density at radius 2 is 2.17 bits per heavy atom. The number of pyridine rings is 1. The molecule has 2 aromatic rings. The van der Waals surface area contributed by atoms with Gasteiger partial charge in [0.1, 0.15) is 5.76 Å². The van der Waals surface area contributed by atoms with Crippen LogP contribution in [-0.2, 0) is 16.4 Å². The van der Waals surface area contributed by atoms with Crippen molar-refractivity contribution in [1.29, 1.82) is 0 Å². The summed E-state index contributed by atoms with van der Waals surface area (Å²) in [6.45, 7) is 0.494. The van der Waals surface area contributed by atoms with Crippen molar-refractivity contribution in [3.05, 3.63) is 40.9 Å². The Morgan fingerprint density at radius 3 is 2.67 bits per heavy atom. The molecule has 96 valence electrons. The summed E-state index contributed by atoms with van der Waals surface area (Å²) in [6, 6.07) is 4.94. The highest BCUT2D eigenvalue weighted by Gasteiger charge is 2.08. The third-order valence-electron chi connectivity index (χ3n) is 2.26. The molecule has 0 aliphatic carbocycles. The lowest BCUT2D eigenvalue weighted by Crippen LogP contribution is -2.03. The van der Waals surface area contributed by atoms with Crippen LogP contribution in [0.3, 0.4) is 0 Å². The molecule has 18 heavy (non-hydrogen) atoms. The predicted molar refractivity (Wildman–Crippen MR) is 71.1 cm³/mol. The molecule has 1 N–H and O–H groups in total. The van der Waals surface area contributed by atoms with E-state index in [2.05, 4.69) is 26.2 Å². The molecule has 0 saturated heterocycles. The summed E-state index contributed by atoms with van der Waals surface area (Å²) in [6.07, 6.45) is 4.20. The van der Waals surface area contributed by atoms with E-state index in [0.717, 1.165) is 22.2 Å². The zero-order valence-electron chi connectivity index (χ0n) is 9.55. The molecule has 0 bridgehead atoms. The summed E-state index contributed by atoms with van der Waals surface area (Å²) in [5.74, 6) is 0.766. The van der Waals surface area contributed by atoms with E-state index in [1.54, 1.807) is 12.3 Å². The first-order chi connectivity index (χ1) is 8.47. The van der Waals surface area contributed by atoms with Gasteiger partial charge in [-0.05, 0) is 34.1 Å². The van der Waals surface area contributed by atoms with Crippen LogP contribution in [0, 0.1) is 0 Å². The first-order valence-electron chi connectivity index (χ1n) is 5.08. The highest BCUT2D eigenvalue weighted by atomic mass is 79.9. The van der Waals surface area contributed by atoms with Crippen molar-refractivity contribution in [2.75, 3.05) is 11.6 Å². The highest BCUT2D eigenvalue weighted by molar-refractivity contribution is 9.10. The number of aromatic nitrogens is 1. The molecule has 0 atom stereocenters. The van der Waals surface area contributed by atoms with Gasteiger partial charge in [0.05, 0.1) is 29.2 Å². The lowest BCUT2D eigenvalue weighted by Gasteiger charge is -2.05. The number of hydrogen-bond acceptors (Lipinski definition) is 5. The second-order valence-corrected chi connectivity index (χ2v) is 6.52. The molecule has 2 aromatic heterocycles. The van der Waals surface area contributed by atoms with Crippen LogP contribution in [0.5, 0.6) is 0 Å². The molecule has 0 aromatic carbocycles. The number of sulfone groups is 1. The molecule has 0 amide bonds. The Morgan fingerprint density at radius 1 is 1.39 bits per heavy atom. The largest absolute Gasteiger partial charge is 0.466 e. The maximum absolute atomic E-state index is 11.2. The minimum atomic E-state index is -3.25. The Kier molecular flexibility index (Phi) is 3.72. The van der Waals surface area contributed by atoms with Crippen molar-refractivity contribution >= 4 is 31.5 Å². The molecule has 0 radical (unpaired) electrons. The van der Waals surface area contributed by atoms with Gasteiger partial charge in [-0.2, -0.15) is 0 Å². The van der Waals surface area contributed by atoms with Crippen molar-refractivity contribution < 1.29 is 12.8 Å². The van der Waals surface area contributed by atoms with E-state index in [1.807, 2.05) is 6.07 Å². The quantitative estimate of drug-likeness (QED) is 0.932. The molecule has 0 spiro atoms. The maximum atomic E-state index is 11.2. The summed E-state index contributed by atoms with van der Waals surface area (Å²) in [5, 5.41) is 3.15. The van der Waals surface area contributed by atoms with Gasteiger partial charge in [0.25, 0.3) is 0 Å². The van der Waals surface area contributed by atoms with E-state index < -0.39 is 9.84 Å². The van der Waals surface area contributed by atoms with E-state index in [-0.39, 0.29) is 5.03 Å². The van der Waals surface area contributed by atoms with E-state index in [0.29, 0.717) is 6.54 Å². The van der Waals surface area contributed by atoms with Crippen LogP contribution < -0.4 is 5.32 Å². The summed E-state index contributed by atoms with van der Waals surface area (Å²) in [4.78, 5) is 3.88. The van der Waals surface area contributed by atoms with Gasteiger partial charge in [-0.25, -0.2) is 13.4 Å². The molecule has 2 heterocycles.